The van der Waals surface area contributed by atoms with Crippen LogP contribution in [-0.4, -0.2) is 27.4 Å². The van der Waals surface area contributed by atoms with E-state index in [1.54, 1.807) is 20.8 Å². The summed E-state index contributed by atoms with van der Waals surface area (Å²) >= 11 is 3.04. The fourth-order valence-electron chi connectivity index (χ4n) is 2.88. The number of ether oxygens (including phenoxy) is 1. The van der Waals surface area contributed by atoms with Crippen molar-refractivity contribution in [2.75, 3.05) is 6.54 Å². The van der Waals surface area contributed by atoms with E-state index in [0.717, 1.165) is 21.3 Å². The molecule has 0 saturated heterocycles. The molecule has 1 amide bonds. The standard InChI is InChI=1S/C20H22BrF4N3O4/c1-11-15(21)16(29)27(9-8-26-17(30)32-19(2,3)4)18(31)28(11)10-12-13(20(23,24)25)6-5-7-14(12)22/h5-7H,8-10H2,1-4H3,(H,26,30). The molecule has 0 unspecified atom stereocenters. The SMILES string of the molecule is Cc1c(Br)c(=O)n(CCNC(=O)OC(C)(C)C)c(=O)n1Cc1c(F)cccc1C(F)(F)F. The van der Waals surface area contributed by atoms with Crippen molar-refractivity contribution in [1.82, 2.24) is 14.5 Å². The Balaban J connectivity index is 2.42. The van der Waals surface area contributed by atoms with Crippen LogP contribution in [0.3, 0.4) is 0 Å². The Bertz CT molecular complexity index is 1130. The molecular weight excluding hydrogens is 502 g/mol. The van der Waals surface area contributed by atoms with Crippen molar-refractivity contribution >= 4 is 22.0 Å². The van der Waals surface area contributed by atoms with E-state index in [4.69, 9.17) is 4.74 Å². The third-order valence-electron chi connectivity index (χ3n) is 4.36. The second-order valence-corrected chi connectivity index (χ2v) is 8.71. The average Bonchev–Trinajstić information content (AvgIpc) is 2.65. The van der Waals surface area contributed by atoms with Gasteiger partial charge in [-0.05, 0) is 55.8 Å². The van der Waals surface area contributed by atoms with Crippen molar-refractivity contribution in [1.29, 1.82) is 0 Å². The molecule has 0 aliphatic heterocycles. The molecule has 12 heteroatoms. The smallest absolute Gasteiger partial charge is 0.416 e. The first-order valence-corrected chi connectivity index (χ1v) is 10.2. The van der Waals surface area contributed by atoms with Gasteiger partial charge in [0.1, 0.15) is 15.9 Å². The van der Waals surface area contributed by atoms with Crippen LogP contribution in [0.2, 0.25) is 0 Å². The van der Waals surface area contributed by atoms with Gasteiger partial charge in [0.05, 0.1) is 12.1 Å². The summed E-state index contributed by atoms with van der Waals surface area (Å²) in [7, 11) is 0. The van der Waals surface area contributed by atoms with Crippen LogP contribution in [0.25, 0.3) is 0 Å². The van der Waals surface area contributed by atoms with Crippen LogP contribution in [-0.2, 0) is 24.0 Å². The maximum Gasteiger partial charge on any atom is 0.416 e. The molecule has 0 aliphatic rings. The van der Waals surface area contributed by atoms with Gasteiger partial charge in [0.2, 0.25) is 0 Å². The molecule has 0 aliphatic carbocycles. The minimum Gasteiger partial charge on any atom is -0.444 e. The highest BCUT2D eigenvalue weighted by molar-refractivity contribution is 9.10. The Morgan fingerprint density at radius 3 is 2.34 bits per heavy atom. The molecule has 1 N–H and O–H groups in total. The molecule has 0 fully saturated rings. The van der Waals surface area contributed by atoms with Crippen molar-refractivity contribution in [2.45, 2.75) is 52.6 Å². The number of carbonyl (C=O) groups excluding carboxylic acids is 1. The fraction of sp³-hybridized carbons (Fsp3) is 0.450. The van der Waals surface area contributed by atoms with Gasteiger partial charge in [0, 0.05) is 24.3 Å². The quantitative estimate of drug-likeness (QED) is 0.604. The molecule has 2 aromatic rings. The number of alkyl halides is 3. The van der Waals surface area contributed by atoms with Crippen molar-refractivity contribution < 1.29 is 27.1 Å². The lowest BCUT2D eigenvalue weighted by atomic mass is 10.1. The summed E-state index contributed by atoms with van der Waals surface area (Å²) in [6, 6.07) is 2.51. The minimum atomic E-state index is -4.84. The molecule has 32 heavy (non-hydrogen) atoms. The number of carbonyl (C=O) groups is 1. The molecule has 176 valence electrons. The van der Waals surface area contributed by atoms with E-state index in [1.165, 1.54) is 6.92 Å². The van der Waals surface area contributed by atoms with E-state index in [2.05, 4.69) is 21.2 Å². The number of hydrogen-bond acceptors (Lipinski definition) is 4. The van der Waals surface area contributed by atoms with Crippen LogP contribution in [0.5, 0.6) is 0 Å². The number of hydrogen-bond donors (Lipinski definition) is 1. The summed E-state index contributed by atoms with van der Waals surface area (Å²) < 4.78 is 60.9. The van der Waals surface area contributed by atoms with Gasteiger partial charge in [-0.1, -0.05) is 6.07 Å². The number of aromatic nitrogens is 2. The number of alkyl carbamates (subject to hydrolysis) is 1. The first-order valence-electron chi connectivity index (χ1n) is 9.44. The maximum absolute atomic E-state index is 14.3. The molecular formula is C20H22BrF4N3O4. The summed E-state index contributed by atoms with van der Waals surface area (Å²) in [6.45, 7) is 5.14. The second kappa shape index (κ2) is 9.47. The molecule has 0 bridgehead atoms. The molecule has 7 nitrogen and oxygen atoms in total. The third-order valence-corrected chi connectivity index (χ3v) is 5.27. The van der Waals surface area contributed by atoms with Gasteiger partial charge in [-0.2, -0.15) is 13.2 Å². The van der Waals surface area contributed by atoms with Gasteiger partial charge < -0.3 is 10.1 Å². The highest BCUT2D eigenvalue weighted by atomic mass is 79.9. The number of rotatable bonds is 5. The van der Waals surface area contributed by atoms with E-state index in [1.807, 2.05) is 0 Å². The van der Waals surface area contributed by atoms with Crippen LogP contribution in [0.15, 0.2) is 32.3 Å². The molecule has 2 rings (SSSR count). The Morgan fingerprint density at radius 2 is 1.78 bits per heavy atom. The number of nitrogens with zero attached hydrogens (tertiary/aromatic N) is 2. The topological polar surface area (TPSA) is 82.3 Å². The first kappa shape index (κ1) is 25.6. The summed E-state index contributed by atoms with van der Waals surface area (Å²) in [4.78, 5) is 37.2. The van der Waals surface area contributed by atoms with Crippen LogP contribution in [0, 0.1) is 12.7 Å². The monoisotopic (exact) mass is 523 g/mol. The van der Waals surface area contributed by atoms with Crippen LogP contribution in [0.1, 0.15) is 37.6 Å². The van der Waals surface area contributed by atoms with Crippen molar-refractivity contribution in [3.8, 4) is 0 Å². The molecule has 0 radical (unpaired) electrons. The van der Waals surface area contributed by atoms with E-state index in [-0.39, 0.29) is 23.3 Å². The zero-order valence-corrected chi connectivity index (χ0v) is 19.4. The number of halogens is 5. The van der Waals surface area contributed by atoms with Crippen LogP contribution >= 0.6 is 15.9 Å². The summed E-state index contributed by atoms with van der Waals surface area (Å²) in [5.74, 6) is -1.13. The zero-order chi connectivity index (χ0) is 24.4. The zero-order valence-electron chi connectivity index (χ0n) is 17.8. The molecule has 0 spiro atoms. The largest absolute Gasteiger partial charge is 0.444 e. The van der Waals surface area contributed by atoms with Crippen LogP contribution < -0.4 is 16.6 Å². The van der Waals surface area contributed by atoms with Gasteiger partial charge in [0.15, 0.2) is 0 Å². The predicted molar refractivity (Wildman–Crippen MR) is 112 cm³/mol. The van der Waals surface area contributed by atoms with Crippen molar-refractivity contribution in [3.05, 3.63) is 66.1 Å². The Hall–Kier alpha value is -2.63. The minimum absolute atomic E-state index is 0.0349. The van der Waals surface area contributed by atoms with E-state index in [0.29, 0.717) is 6.07 Å². The van der Waals surface area contributed by atoms with Crippen molar-refractivity contribution in [3.63, 3.8) is 0 Å². The van der Waals surface area contributed by atoms with E-state index >= 15 is 0 Å². The predicted octanol–water partition coefficient (Wildman–Crippen LogP) is 3.81. The Morgan fingerprint density at radius 1 is 1.16 bits per heavy atom. The molecule has 1 aromatic heterocycles. The normalized spacial score (nSPS) is 12.0. The average molecular weight is 524 g/mol. The third kappa shape index (κ3) is 5.99. The first-order chi connectivity index (χ1) is 14.6. The molecule has 1 heterocycles. The lowest BCUT2D eigenvalue weighted by Gasteiger charge is -2.20. The lowest BCUT2D eigenvalue weighted by Crippen LogP contribution is -2.44. The summed E-state index contributed by atoms with van der Waals surface area (Å²) in [6.07, 6.45) is -5.60. The van der Waals surface area contributed by atoms with Gasteiger partial charge in [0.25, 0.3) is 5.56 Å². The van der Waals surface area contributed by atoms with Gasteiger partial charge in [-0.3, -0.25) is 13.9 Å². The molecule has 0 atom stereocenters. The fourth-order valence-corrected chi connectivity index (χ4v) is 3.31. The van der Waals surface area contributed by atoms with Crippen LogP contribution in [0.4, 0.5) is 22.4 Å². The number of benzene rings is 1. The number of nitrogens with one attached hydrogen (secondary N) is 1. The highest BCUT2D eigenvalue weighted by Crippen LogP contribution is 2.33. The highest BCUT2D eigenvalue weighted by Gasteiger charge is 2.35. The molecule has 1 aromatic carbocycles. The Labute approximate surface area is 189 Å². The van der Waals surface area contributed by atoms with Gasteiger partial charge >= 0.3 is 18.0 Å². The second-order valence-electron chi connectivity index (χ2n) is 7.92. The number of amides is 1. The van der Waals surface area contributed by atoms with Gasteiger partial charge in [-0.15, -0.1) is 0 Å². The van der Waals surface area contributed by atoms with Crippen molar-refractivity contribution in [2.24, 2.45) is 0 Å². The molecule has 0 saturated carbocycles. The maximum atomic E-state index is 14.3. The summed E-state index contributed by atoms with van der Waals surface area (Å²) in [5.41, 5.74) is -4.35. The lowest BCUT2D eigenvalue weighted by molar-refractivity contribution is -0.138. The summed E-state index contributed by atoms with van der Waals surface area (Å²) in [5, 5.41) is 2.39. The van der Waals surface area contributed by atoms with Gasteiger partial charge in [-0.25, -0.2) is 14.0 Å². The van der Waals surface area contributed by atoms with E-state index < -0.39 is 52.6 Å². The van der Waals surface area contributed by atoms with E-state index in [9.17, 15) is 31.9 Å². The Kier molecular flexibility index (Phi) is 7.59.